The van der Waals surface area contributed by atoms with Gasteiger partial charge in [-0.15, -0.1) is 0 Å². The molecule has 1 saturated carbocycles. The largest absolute Gasteiger partial charge is 0.329 e. The molecule has 0 aromatic heterocycles. The monoisotopic (exact) mass is 240 g/mol. The van der Waals surface area contributed by atoms with Gasteiger partial charge in [-0.1, -0.05) is 0 Å². The fourth-order valence-electron chi connectivity index (χ4n) is 0.775. The van der Waals surface area contributed by atoms with Crippen molar-refractivity contribution in [3.63, 3.8) is 0 Å². The first kappa shape index (κ1) is 7.27. The Kier molecular flexibility index (Phi) is 1.95. The molecule has 0 aromatic carbocycles. The summed E-state index contributed by atoms with van der Waals surface area (Å²) in [7, 11) is 0. The predicted octanol–water partition coefficient (Wildman–Crippen LogP) is 0.191. The minimum atomic E-state index is -0.179. The summed E-state index contributed by atoms with van der Waals surface area (Å²) in [6, 6.07) is 0. The number of hydrogen-bond donors (Lipinski definition) is 2. The highest BCUT2D eigenvalue weighted by atomic mass is 127. The molecule has 1 fully saturated rings. The number of nitrogens with two attached hydrogens (primary N) is 1. The average Bonchev–Trinajstić information content (AvgIpc) is 2.66. The highest BCUT2D eigenvalue weighted by Crippen LogP contribution is 2.44. The Morgan fingerprint density at radius 2 is 2.33 bits per heavy atom. The van der Waals surface area contributed by atoms with Crippen molar-refractivity contribution in [2.24, 2.45) is 11.1 Å². The molecule has 1 aliphatic rings. The number of carbonyl (C=O) groups excluding carboxylic acids is 1. The maximum atomic E-state index is 10.9. The van der Waals surface area contributed by atoms with E-state index in [1.165, 1.54) is 0 Å². The van der Waals surface area contributed by atoms with E-state index in [4.69, 9.17) is 5.73 Å². The van der Waals surface area contributed by atoms with Crippen LogP contribution in [0.5, 0.6) is 0 Å². The van der Waals surface area contributed by atoms with Crippen LogP contribution in [0.4, 0.5) is 0 Å². The lowest BCUT2D eigenvalue weighted by atomic mass is 10.1. The normalized spacial score (nSPS) is 21.1. The number of hydrogen-bond acceptors (Lipinski definition) is 2. The highest BCUT2D eigenvalue weighted by molar-refractivity contribution is 14.1. The van der Waals surface area contributed by atoms with Gasteiger partial charge in [-0.3, -0.25) is 8.32 Å². The summed E-state index contributed by atoms with van der Waals surface area (Å²) in [6.45, 7) is 0.488. The predicted molar refractivity (Wildman–Crippen MR) is 42.9 cm³/mol. The smallest absolute Gasteiger partial charge is 0.236 e. The molecule has 9 heavy (non-hydrogen) atoms. The zero-order valence-electron chi connectivity index (χ0n) is 4.98. The second kappa shape index (κ2) is 2.42. The maximum absolute atomic E-state index is 10.9. The van der Waals surface area contributed by atoms with Crippen molar-refractivity contribution in [2.75, 3.05) is 6.54 Å². The van der Waals surface area contributed by atoms with Crippen molar-refractivity contribution < 1.29 is 4.79 Å². The van der Waals surface area contributed by atoms with Gasteiger partial charge in [0.05, 0.1) is 28.3 Å². The molecule has 3 nitrogen and oxygen atoms in total. The van der Waals surface area contributed by atoms with Crippen LogP contribution < -0.4 is 9.26 Å². The summed E-state index contributed by atoms with van der Waals surface area (Å²) < 4.78 is 2.57. The van der Waals surface area contributed by atoms with Crippen molar-refractivity contribution in [3.05, 3.63) is 0 Å². The summed E-state index contributed by atoms with van der Waals surface area (Å²) >= 11 is 1.85. The van der Waals surface area contributed by atoms with Gasteiger partial charge < -0.3 is 5.73 Å². The Morgan fingerprint density at radius 3 is 2.44 bits per heavy atom. The SMILES string of the molecule is NCC1(C(=O)NI)CC1. The van der Waals surface area contributed by atoms with Crippen molar-refractivity contribution >= 4 is 28.8 Å². The van der Waals surface area contributed by atoms with E-state index in [1.807, 2.05) is 22.9 Å². The second-order valence-electron chi connectivity index (χ2n) is 2.41. The van der Waals surface area contributed by atoms with Crippen molar-refractivity contribution in [1.29, 1.82) is 0 Å². The van der Waals surface area contributed by atoms with Gasteiger partial charge in [0.15, 0.2) is 0 Å². The molecule has 0 bridgehead atoms. The topological polar surface area (TPSA) is 55.1 Å². The third-order valence-corrected chi connectivity index (χ3v) is 2.30. The Morgan fingerprint density at radius 1 is 1.78 bits per heavy atom. The minimum absolute atomic E-state index is 0.0885. The molecule has 0 heterocycles. The summed E-state index contributed by atoms with van der Waals surface area (Å²) in [5, 5.41) is 0. The number of nitrogens with one attached hydrogen (secondary N) is 1. The number of amides is 1. The third kappa shape index (κ3) is 1.19. The molecule has 1 amide bonds. The summed E-state index contributed by atoms with van der Waals surface area (Å²) in [6.07, 6.45) is 1.91. The molecule has 4 heteroatoms. The van der Waals surface area contributed by atoms with Crippen LogP contribution in [0.1, 0.15) is 12.8 Å². The fraction of sp³-hybridized carbons (Fsp3) is 0.800. The molecule has 52 valence electrons. The van der Waals surface area contributed by atoms with Gasteiger partial charge in [-0.25, -0.2) is 0 Å². The van der Waals surface area contributed by atoms with E-state index in [-0.39, 0.29) is 11.3 Å². The Bertz CT molecular complexity index is 133. The van der Waals surface area contributed by atoms with E-state index in [9.17, 15) is 4.79 Å². The number of rotatable bonds is 2. The molecule has 1 aliphatic carbocycles. The van der Waals surface area contributed by atoms with Gasteiger partial charge in [0.25, 0.3) is 0 Å². The van der Waals surface area contributed by atoms with Crippen LogP contribution in [0.25, 0.3) is 0 Å². The molecular formula is C5H9IN2O. The lowest BCUT2D eigenvalue weighted by Crippen LogP contribution is -2.31. The fourth-order valence-corrected chi connectivity index (χ4v) is 1.35. The van der Waals surface area contributed by atoms with Crippen LogP contribution in [0.15, 0.2) is 0 Å². The molecule has 1 rings (SSSR count). The van der Waals surface area contributed by atoms with Gasteiger partial charge >= 0.3 is 0 Å². The quantitative estimate of drug-likeness (QED) is 0.534. The first-order valence-electron chi connectivity index (χ1n) is 2.86. The number of halogens is 1. The van der Waals surface area contributed by atoms with Crippen LogP contribution in [0.3, 0.4) is 0 Å². The molecule has 0 radical (unpaired) electrons. The van der Waals surface area contributed by atoms with Gasteiger partial charge in [0.1, 0.15) is 0 Å². The standard InChI is InChI=1S/C5H9IN2O/c6-8-4(9)5(3-7)1-2-5/h1-3,7H2,(H,8,9). The zero-order valence-corrected chi connectivity index (χ0v) is 7.14. The molecule has 0 saturated heterocycles. The van der Waals surface area contributed by atoms with Crippen molar-refractivity contribution in [2.45, 2.75) is 12.8 Å². The van der Waals surface area contributed by atoms with Crippen LogP contribution in [-0.4, -0.2) is 12.5 Å². The van der Waals surface area contributed by atoms with Crippen LogP contribution in [-0.2, 0) is 4.79 Å². The molecule has 0 aliphatic heterocycles. The van der Waals surface area contributed by atoms with Crippen molar-refractivity contribution in [1.82, 2.24) is 3.53 Å². The van der Waals surface area contributed by atoms with Crippen molar-refractivity contribution in [3.8, 4) is 0 Å². The molecule has 0 spiro atoms. The Balaban J connectivity index is 2.49. The van der Waals surface area contributed by atoms with E-state index in [0.29, 0.717) is 6.54 Å². The van der Waals surface area contributed by atoms with Gasteiger partial charge in [0, 0.05) is 6.54 Å². The summed E-state index contributed by atoms with van der Waals surface area (Å²) in [4.78, 5) is 10.9. The zero-order chi connectivity index (χ0) is 6.91. The van der Waals surface area contributed by atoms with Crippen LogP contribution >= 0.6 is 22.9 Å². The first-order valence-corrected chi connectivity index (χ1v) is 3.94. The second-order valence-corrected chi connectivity index (χ2v) is 2.95. The highest BCUT2D eigenvalue weighted by Gasteiger charge is 2.48. The van der Waals surface area contributed by atoms with E-state index in [0.717, 1.165) is 12.8 Å². The Hall–Kier alpha value is 0.160. The van der Waals surface area contributed by atoms with E-state index < -0.39 is 0 Å². The minimum Gasteiger partial charge on any atom is -0.329 e. The lowest BCUT2D eigenvalue weighted by molar-refractivity contribution is -0.123. The van der Waals surface area contributed by atoms with Gasteiger partial charge in [-0.05, 0) is 12.8 Å². The van der Waals surface area contributed by atoms with E-state index in [2.05, 4.69) is 3.53 Å². The first-order chi connectivity index (χ1) is 4.25. The third-order valence-electron chi connectivity index (χ3n) is 1.81. The summed E-state index contributed by atoms with van der Waals surface area (Å²) in [5.41, 5.74) is 5.20. The number of carbonyl (C=O) groups is 1. The summed E-state index contributed by atoms with van der Waals surface area (Å²) in [5.74, 6) is 0.0885. The Labute approximate surface area is 67.9 Å². The van der Waals surface area contributed by atoms with Gasteiger partial charge in [-0.2, -0.15) is 0 Å². The van der Waals surface area contributed by atoms with Crippen LogP contribution in [0.2, 0.25) is 0 Å². The molecular weight excluding hydrogens is 231 g/mol. The van der Waals surface area contributed by atoms with Crippen LogP contribution in [0, 0.1) is 5.41 Å². The van der Waals surface area contributed by atoms with Gasteiger partial charge in [0.2, 0.25) is 5.91 Å². The molecule has 0 aromatic rings. The molecule has 3 N–H and O–H groups in total. The average molecular weight is 240 g/mol. The molecule has 0 unspecified atom stereocenters. The van der Waals surface area contributed by atoms with E-state index in [1.54, 1.807) is 0 Å². The van der Waals surface area contributed by atoms with E-state index >= 15 is 0 Å². The lowest BCUT2D eigenvalue weighted by Gasteiger charge is -2.06. The maximum Gasteiger partial charge on any atom is 0.236 e. The molecule has 0 atom stereocenters.